The van der Waals surface area contributed by atoms with Crippen molar-refractivity contribution in [1.29, 1.82) is 0 Å². The Hall–Kier alpha value is -3.36. The van der Waals surface area contributed by atoms with E-state index in [2.05, 4.69) is 27.5 Å². The van der Waals surface area contributed by atoms with E-state index in [1.165, 1.54) is 11.3 Å². The highest BCUT2D eigenvalue weighted by Crippen LogP contribution is 2.25. The number of amides is 2. The van der Waals surface area contributed by atoms with E-state index < -0.39 is 0 Å². The molecule has 0 atom stereocenters. The molecule has 2 heterocycles. The molecule has 1 fully saturated rings. The molecule has 8 heteroatoms. The van der Waals surface area contributed by atoms with Crippen molar-refractivity contribution in [2.45, 2.75) is 6.92 Å². The van der Waals surface area contributed by atoms with Crippen molar-refractivity contribution in [2.75, 3.05) is 55.9 Å². The average molecular weight is 465 g/mol. The molecule has 0 spiro atoms. The van der Waals surface area contributed by atoms with E-state index in [-0.39, 0.29) is 11.8 Å². The predicted octanol–water partition coefficient (Wildman–Crippen LogP) is 4.32. The van der Waals surface area contributed by atoms with E-state index >= 15 is 0 Å². The van der Waals surface area contributed by atoms with Crippen LogP contribution in [0, 0.1) is 6.92 Å². The molecule has 1 aliphatic rings. The fourth-order valence-corrected chi connectivity index (χ4v) is 4.48. The summed E-state index contributed by atoms with van der Waals surface area (Å²) in [7, 11) is 3.74. The van der Waals surface area contributed by atoms with Crippen LogP contribution in [0.15, 0.2) is 54.6 Å². The van der Waals surface area contributed by atoms with Gasteiger partial charge in [0.05, 0.1) is 16.9 Å². The zero-order valence-corrected chi connectivity index (χ0v) is 19.9. The number of nitrogens with one attached hydrogen (secondary N) is 2. The minimum Gasteiger partial charge on any atom is -0.497 e. The lowest BCUT2D eigenvalue weighted by atomic mass is 10.2. The van der Waals surface area contributed by atoms with Crippen LogP contribution in [0.3, 0.4) is 0 Å². The number of piperazine rings is 1. The Morgan fingerprint density at radius 2 is 1.52 bits per heavy atom. The van der Waals surface area contributed by atoms with Crippen molar-refractivity contribution >= 4 is 40.2 Å². The van der Waals surface area contributed by atoms with E-state index in [1.807, 2.05) is 37.3 Å². The van der Waals surface area contributed by atoms with Gasteiger partial charge in [0, 0.05) is 43.2 Å². The molecule has 3 aromatic rings. The summed E-state index contributed by atoms with van der Waals surface area (Å²) in [6.07, 6.45) is 0. The molecule has 2 aromatic carbocycles. The number of rotatable bonds is 6. The lowest BCUT2D eigenvalue weighted by Crippen LogP contribution is -2.44. The number of methoxy groups -OCH3 is 1. The molecule has 0 bridgehead atoms. The Bertz CT molecular complexity index is 1130. The molecule has 2 amide bonds. The molecule has 0 aliphatic carbocycles. The Kier molecular flexibility index (Phi) is 6.96. The number of thiophene rings is 1. The van der Waals surface area contributed by atoms with Gasteiger partial charge >= 0.3 is 0 Å². The SMILES string of the molecule is COc1ccc(NC(=O)c2ccc(C(=O)Nc3ccc(N4CCN(C)CC4)cc3)s2)c(C)c1. The summed E-state index contributed by atoms with van der Waals surface area (Å²) in [6, 6.07) is 16.7. The number of likely N-dealkylation sites (N-methyl/N-ethyl adjacent to an activating group) is 1. The number of hydrogen-bond donors (Lipinski definition) is 2. The molecule has 2 N–H and O–H groups in total. The summed E-state index contributed by atoms with van der Waals surface area (Å²) in [5.41, 5.74) is 3.49. The molecular weight excluding hydrogens is 436 g/mol. The average Bonchev–Trinajstić information content (AvgIpc) is 3.32. The summed E-state index contributed by atoms with van der Waals surface area (Å²) in [4.78, 5) is 31.0. The van der Waals surface area contributed by atoms with Gasteiger partial charge in [-0.05, 0) is 74.1 Å². The lowest BCUT2D eigenvalue weighted by Gasteiger charge is -2.34. The van der Waals surface area contributed by atoms with Crippen molar-refractivity contribution < 1.29 is 14.3 Å². The summed E-state index contributed by atoms with van der Waals surface area (Å²) >= 11 is 1.17. The van der Waals surface area contributed by atoms with Crippen LogP contribution in [-0.4, -0.2) is 57.1 Å². The van der Waals surface area contributed by atoms with Crippen molar-refractivity contribution in [1.82, 2.24) is 4.90 Å². The van der Waals surface area contributed by atoms with Crippen LogP contribution in [0.5, 0.6) is 5.75 Å². The number of benzene rings is 2. The summed E-state index contributed by atoms with van der Waals surface area (Å²) in [5, 5.41) is 5.81. The van der Waals surface area contributed by atoms with Crippen molar-refractivity contribution in [2.24, 2.45) is 0 Å². The van der Waals surface area contributed by atoms with Crippen molar-refractivity contribution in [3.63, 3.8) is 0 Å². The van der Waals surface area contributed by atoms with Crippen molar-refractivity contribution in [3.8, 4) is 5.75 Å². The molecule has 1 aromatic heterocycles. The third kappa shape index (κ3) is 5.53. The lowest BCUT2D eigenvalue weighted by molar-refractivity contribution is 0.102. The number of hydrogen-bond acceptors (Lipinski definition) is 6. The first-order valence-electron chi connectivity index (χ1n) is 10.8. The van der Waals surface area contributed by atoms with E-state index in [0.717, 1.165) is 48.9 Å². The van der Waals surface area contributed by atoms with Crippen LogP contribution in [-0.2, 0) is 0 Å². The maximum absolute atomic E-state index is 12.7. The van der Waals surface area contributed by atoms with Gasteiger partial charge in [-0.1, -0.05) is 0 Å². The third-order valence-corrected chi connectivity index (χ3v) is 6.81. The van der Waals surface area contributed by atoms with Crippen molar-refractivity contribution in [3.05, 3.63) is 69.9 Å². The first kappa shape index (κ1) is 22.8. The van der Waals surface area contributed by atoms with Gasteiger partial charge in [-0.25, -0.2) is 0 Å². The molecule has 4 rings (SSSR count). The standard InChI is InChI=1S/C25H28N4O3S/c1-17-16-20(32-3)8-9-21(17)27-25(31)23-11-10-22(33-23)24(30)26-18-4-6-19(7-5-18)29-14-12-28(2)13-15-29/h4-11,16H,12-15H2,1-3H3,(H,26,30)(H,27,31). The highest BCUT2D eigenvalue weighted by molar-refractivity contribution is 7.16. The minimum absolute atomic E-state index is 0.230. The van der Waals surface area contributed by atoms with Crippen LogP contribution in [0.1, 0.15) is 24.9 Å². The molecule has 0 radical (unpaired) electrons. The second-order valence-electron chi connectivity index (χ2n) is 8.09. The third-order valence-electron chi connectivity index (χ3n) is 5.73. The molecule has 0 unspecified atom stereocenters. The second-order valence-corrected chi connectivity index (χ2v) is 9.17. The first-order valence-corrected chi connectivity index (χ1v) is 11.7. The number of ether oxygens (including phenoxy) is 1. The van der Waals surface area contributed by atoms with Gasteiger partial charge in [0.25, 0.3) is 11.8 Å². The summed E-state index contributed by atoms with van der Waals surface area (Å²) in [6.45, 7) is 5.99. The molecule has 33 heavy (non-hydrogen) atoms. The monoisotopic (exact) mass is 464 g/mol. The number of anilines is 3. The van der Waals surface area contributed by atoms with Crippen LogP contribution >= 0.6 is 11.3 Å². The van der Waals surface area contributed by atoms with E-state index in [4.69, 9.17) is 4.74 Å². The first-order chi connectivity index (χ1) is 15.9. The molecule has 1 saturated heterocycles. The summed E-state index contributed by atoms with van der Waals surface area (Å²) in [5.74, 6) is 0.257. The Balaban J connectivity index is 1.36. The number of carbonyl (C=O) groups excluding carboxylic acids is 2. The van der Waals surface area contributed by atoms with E-state index in [1.54, 1.807) is 31.4 Å². The second kappa shape index (κ2) is 10.1. The Morgan fingerprint density at radius 3 is 2.12 bits per heavy atom. The Morgan fingerprint density at radius 1 is 0.879 bits per heavy atom. The smallest absolute Gasteiger partial charge is 0.265 e. The fourth-order valence-electron chi connectivity index (χ4n) is 3.68. The highest BCUT2D eigenvalue weighted by Gasteiger charge is 2.16. The zero-order valence-electron chi connectivity index (χ0n) is 19.1. The topological polar surface area (TPSA) is 73.9 Å². The normalized spacial score (nSPS) is 14.1. The van der Waals surface area contributed by atoms with Gasteiger partial charge in [0.2, 0.25) is 0 Å². The largest absolute Gasteiger partial charge is 0.497 e. The highest BCUT2D eigenvalue weighted by atomic mass is 32.1. The maximum Gasteiger partial charge on any atom is 0.265 e. The maximum atomic E-state index is 12.7. The van der Waals surface area contributed by atoms with Crippen LogP contribution in [0.2, 0.25) is 0 Å². The fraction of sp³-hybridized carbons (Fsp3) is 0.280. The zero-order chi connectivity index (χ0) is 23.4. The van der Waals surface area contributed by atoms with Crippen LogP contribution < -0.4 is 20.3 Å². The minimum atomic E-state index is -0.246. The van der Waals surface area contributed by atoms with E-state index in [0.29, 0.717) is 15.4 Å². The molecule has 1 aliphatic heterocycles. The van der Waals surface area contributed by atoms with E-state index in [9.17, 15) is 9.59 Å². The van der Waals surface area contributed by atoms with Gasteiger partial charge < -0.3 is 25.2 Å². The van der Waals surface area contributed by atoms with Gasteiger partial charge in [-0.3, -0.25) is 9.59 Å². The van der Waals surface area contributed by atoms with Gasteiger partial charge in [0.1, 0.15) is 5.75 Å². The molecule has 172 valence electrons. The number of carbonyl (C=O) groups is 2. The predicted molar refractivity (Wildman–Crippen MR) is 134 cm³/mol. The molecule has 7 nitrogen and oxygen atoms in total. The molecule has 0 saturated carbocycles. The van der Waals surface area contributed by atoms with Gasteiger partial charge in [0.15, 0.2) is 0 Å². The number of aryl methyl sites for hydroxylation is 1. The quantitative estimate of drug-likeness (QED) is 0.568. The van der Waals surface area contributed by atoms with Gasteiger partial charge in [-0.2, -0.15) is 0 Å². The summed E-state index contributed by atoms with van der Waals surface area (Å²) < 4.78 is 5.20. The van der Waals surface area contributed by atoms with Gasteiger partial charge in [-0.15, -0.1) is 11.3 Å². The Labute approximate surface area is 198 Å². The van der Waals surface area contributed by atoms with Crippen LogP contribution in [0.25, 0.3) is 0 Å². The van der Waals surface area contributed by atoms with Crippen LogP contribution in [0.4, 0.5) is 17.1 Å². The molecular formula is C25H28N4O3S. The number of nitrogens with zero attached hydrogens (tertiary/aromatic N) is 2.